The highest BCUT2D eigenvalue weighted by Gasteiger charge is 2.20. The maximum absolute atomic E-state index is 12.7. The SMILES string of the molecule is CCN1CCN(C(=O)CCCC(=O)Nc2cc(-c3ccccc3)nn2-c2ccc(Cl)cc2)CC1. The number of nitrogens with zero attached hydrogens (tertiary/aromatic N) is 4. The van der Waals surface area contributed by atoms with Crippen molar-refractivity contribution in [1.29, 1.82) is 0 Å². The van der Waals surface area contributed by atoms with Crippen molar-refractivity contribution in [3.8, 4) is 16.9 Å². The van der Waals surface area contributed by atoms with Gasteiger partial charge in [-0.3, -0.25) is 9.59 Å². The van der Waals surface area contributed by atoms with Crippen LogP contribution in [-0.2, 0) is 9.59 Å². The van der Waals surface area contributed by atoms with Gasteiger partial charge < -0.3 is 15.1 Å². The van der Waals surface area contributed by atoms with Gasteiger partial charge in [0.05, 0.1) is 11.4 Å². The summed E-state index contributed by atoms with van der Waals surface area (Å²) in [4.78, 5) is 29.5. The predicted octanol–water partition coefficient (Wildman–Crippen LogP) is 4.47. The van der Waals surface area contributed by atoms with Crippen LogP contribution in [0.25, 0.3) is 16.9 Å². The highest BCUT2D eigenvalue weighted by molar-refractivity contribution is 6.30. The lowest BCUT2D eigenvalue weighted by molar-refractivity contribution is -0.133. The molecule has 0 spiro atoms. The lowest BCUT2D eigenvalue weighted by atomic mass is 10.1. The molecule has 1 fully saturated rings. The molecule has 0 aliphatic carbocycles. The third kappa shape index (κ3) is 6.04. The molecule has 2 heterocycles. The smallest absolute Gasteiger partial charge is 0.225 e. The Hall–Kier alpha value is -3.16. The number of piperazine rings is 1. The minimum absolute atomic E-state index is 0.126. The van der Waals surface area contributed by atoms with Crippen LogP contribution in [0.1, 0.15) is 26.2 Å². The van der Waals surface area contributed by atoms with Crippen molar-refractivity contribution in [2.45, 2.75) is 26.2 Å². The zero-order valence-electron chi connectivity index (χ0n) is 19.4. The first kappa shape index (κ1) is 24.0. The second-order valence-corrected chi connectivity index (χ2v) is 8.82. The van der Waals surface area contributed by atoms with Gasteiger partial charge in [-0.25, -0.2) is 4.68 Å². The Morgan fingerprint density at radius 1 is 0.971 bits per heavy atom. The van der Waals surface area contributed by atoms with Crippen LogP contribution >= 0.6 is 11.6 Å². The van der Waals surface area contributed by atoms with E-state index in [-0.39, 0.29) is 18.2 Å². The van der Waals surface area contributed by atoms with Gasteiger partial charge in [-0.05, 0) is 37.2 Å². The van der Waals surface area contributed by atoms with Crippen LogP contribution in [-0.4, -0.2) is 64.1 Å². The monoisotopic (exact) mass is 479 g/mol. The lowest BCUT2D eigenvalue weighted by Gasteiger charge is -2.34. The van der Waals surface area contributed by atoms with Crippen LogP contribution in [0.4, 0.5) is 5.82 Å². The first-order valence-corrected chi connectivity index (χ1v) is 12.1. The van der Waals surface area contributed by atoms with Crippen LogP contribution in [0, 0.1) is 0 Å². The summed E-state index contributed by atoms with van der Waals surface area (Å²) in [5.41, 5.74) is 2.51. The predicted molar refractivity (Wildman–Crippen MR) is 135 cm³/mol. The van der Waals surface area contributed by atoms with Crippen molar-refractivity contribution in [3.63, 3.8) is 0 Å². The Kier molecular flexibility index (Phi) is 7.98. The molecule has 34 heavy (non-hydrogen) atoms. The number of benzene rings is 2. The van der Waals surface area contributed by atoms with Crippen LogP contribution in [0.3, 0.4) is 0 Å². The van der Waals surface area contributed by atoms with E-state index in [9.17, 15) is 9.59 Å². The molecular weight excluding hydrogens is 450 g/mol. The van der Waals surface area contributed by atoms with E-state index in [1.807, 2.05) is 53.4 Å². The fourth-order valence-electron chi connectivity index (χ4n) is 4.08. The Morgan fingerprint density at radius 3 is 2.35 bits per heavy atom. The Bertz CT molecular complexity index is 1110. The van der Waals surface area contributed by atoms with E-state index >= 15 is 0 Å². The van der Waals surface area contributed by atoms with Crippen LogP contribution < -0.4 is 5.32 Å². The second kappa shape index (κ2) is 11.3. The number of amides is 2. The number of carbonyl (C=O) groups is 2. The first-order valence-electron chi connectivity index (χ1n) is 11.7. The largest absolute Gasteiger partial charge is 0.340 e. The molecule has 1 N–H and O–H groups in total. The maximum Gasteiger partial charge on any atom is 0.225 e. The third-order valence-electron chi connectivity index (χ3n) is 6.08. The summed E-state index contributed by atoms with van der Waals surface area (Å²) in [6, 6.07) is 19.0. The molecule has 0 radical (unpaired) electrons. The van der Waals surface area contributed by atoms with Crippen molar-refractivity contribution in [2.75, 3.05) is 38.0 Å². The highest BCUT2D eigenvalue weighted by atomic mass is 35.5. The molecule has 178 valence electrons. The molecule has 0 saturated carbocycles. The van der Waals surface area contributed by atoms with Crippen molar-refractivity contribution >= 4 is 29.2 Å². The van der Waals surface area contributed by atoms with Crippen LogP contribution in [0.2, 0.25) is 5.02 Å². The minimum Gasteiger partial charge on any atom is -0.340 e. The van der Waals surface area contributed by atoms with E-state index < -0.39 is 0 Å². The molecule has 2 amide bonds. The van der Waals surface area contributed by atoms with Gasteiger partial charge in [0.15, 0.2) is 0 Å². The number of halogens is 1. The summed E-state index contributed by atoms with van der Waals surface area (Å²) in [5, 5.41) is 8.32. The number of carbonyl (C=O) groups excluding carboxylic acids is 2. The fraction of sp³-hybridized carbons (Fsp3) is 0.346. The molecule has 1 aliphatic heterocycles. The van der Waals surface area contributed by atoms with Crippen LogP contribution in [0.15, 0.2) is 60.7 Å². The van der Waals surface area contributed by atoms with E-state index in [0.29, 0.717) is 23.7 Å². The molecule has 3 aromatic rings. The van der Waals surface area contributed by atoms with Crippen molar-refractivity contribution in [2.24, 2.45) is 0 Å². The average molecular weight is 480 g/mol. The van der Waals surface area contributed by atoms with Gasteiger partial charge in [0.1, 0.15) is 5.82 Å². The number of aromatic nitrogens is 2. The number of nitrogens with one attached hydrogen (secondary N) is 1. The Morgan fingerprint density at radius 2 is 1.68 bits per heavy atom. The number of anilines is 1. The second-order valence-electron chi connectivity index (χ2n) is 8.39. The molecule has 2 aromatic carbocycles. The number of hydrogen-bond acceptors (Lipinski definition) is 4. The van der Waals surface area contributed by atoms with Gasteiger partial charge in [-0.2, -0.15) is 5.10 Å². The van der Waals surface area contributed by atoms with E-state index in [1.54, 1.807) is 16.8 Å². The van der Waals surface area contributed by atoms with Gasteiger partial charge in [0.2, 0.25) is 11.8 Å². The number of hydrogen-bond donors (Lipinski definition) is 1. The summed E-state index contributed by atoms with van der Waals surface area (Å²) >= 11 is 6.04. The molecule has 7 nitrogen and oxygen atoms in total. The van der Waals surface area contributed by atoms with E-state index in [4.69, 9.17) is 16.7 Å². The third-order valence-corrected chi connectivity index (χ3v) is 6.34. The highest BCUT2D eigenvalue weighted by Crippen LogP contribution is 2.25. The van der Waals surface area contributed by atoms with Crippen molar-refractivity contribution in [3.05, 3.63) is 65.7 Å². The topological polar surface area (TPSA) is 70.5 Å². The fourth-order valence-corrected chi connectivity index (χ4v) is 4.20. The average Bonchev–Trinajstić information content (AvgIpc) is 3.28. The molecule has 1 saturated heterocycles. The van der Waals surface area contributed by atoms with E-state index in [0.717, 1.165) is 49.7 Å². The zero-order valence-corrected chi connectivity index (χ0v) is 20.2. The summed E-state index contributed by atoms with van der Waals surface area (Å²) in [6.45, 7) is 6.52. The van der Waals surface area contributed by atoms with E-state index in [1.165, 1.54) is 0 Å². The molecule has 1 aromatic heterocycles. The molecule has 0 unspecified atom stereocenters. The number of rotatable bonds is 8. The molecule has 1 aliphatic rings. The number of likely N-dealkylation sites (N-methyl/N-ethyl adjacent to an activating group) is 1. The quantitative estimate of drug-likeness (QED) is 0.517. The Labute approximate surface area is 205 Å². The van der Waals surface area contributed by atoms with Gasteiger partial charge in [0.25, 0.3) is 0 Å². The van der Waals surface area contributed by atoms with Gasteiger partial charge in [-0.1, -0.05) is 48.9 Å². The van der Waals surface area contributed by atoms with E-state index in [2.05, 4.69) is 17.1 Å². The Balaban J connectivity index is 1.39. The standard InChI is InChI=1S/C26H30ClN5O2/c1-2-30-15-17-31(18-16-30)26(34)10-6-9-25(33)28-24-19-23(20-7-4-3-5-8-20)29-32(24)22-13-11-21(27)12-14-22/h3-5,7-8,11-14,19H,2,6,9-10,15-18H2,1H3,(H,28,33). The molecule has 8 heteroatoms. The van der Waals surface area contributed by atoms with Crippen LogP contribution in [0.5, 0.6) is 0 Å². The molecule has 4 rings (SSSR count). The van der Waals surface area contributed by atoms with Gasteiger partial charge >= 0.3 is 0 Å². The molecular formula is C26H30ClN5O2. The van der Waals surface area contributed by atoms with Gasteiger partial charge in [0, 0.05) is 55.7 Å². The zero-order chi connectivity index (χ0) is 23.9. The molecule has 0 atom stereocenters. The minimum atomic E-state index is -0.140. The summed E-state index contributed by atoms with van der Waals surface area (Å²) < 4.78 is 1.70. The van der Waals surface area contributed by atoms with Crippen molar-refractivity contribution in [1.82, 2.24) is 19.6 Å². The van der Waals surface area contributed by atoms with Crippen molar-refractivity contribution < 1.29 is 9.59 Å². The maximum atomic E-state index is 12.7. The molecule has 0 bridgehead atoms. The normalized spacial score (nSPS) is 14.2. The van der Waals surface area contributed by atoms with Gasteiger partial charge in [-0.15, -0.1) is 0 Å². The summed E-state index contributed by atoms with van der Waals surface area (Å²) in [6.07, 6.45) is 1.16. The summed E-state index contributed by atoms with van der Waals surface area (Å²) in [5.74, 6) is 0.563. The summed E-state index contributed by atoms with van der Waals surface area (Å²) in [7, 11) is 0. The lowest BCUT2D eigenvalue weighted by Crippen LogP contribution is -2.48. The first-order chi connectivity index (χ1) is 16.5.